The molecule has 0 radical (unpaired) electrons. The molecule has 0 fully saturated rings. The van der Waals surface area contributed by atoms with Gasteiger partial charge < -0.3 is 5.32 Å². The van der Waals surface area contributed by atoms with Crippen LogP contribution in [0.15, 0.2) is 32.0 Å². The first-order valence-corrected chi connectivity index (χ1v) is 8.15. The summed E-state index contributed by atoms with van der Waals surface area (Å²) in [7, 11) is -3.70. The van der Waals surface area contributed by atoms with E-state index in [1.165, 1.54) is 6.07 Å². The second-order valence-electron chi connectivity index (χ2n) is 3.35. The van der Waals surface area contributed by atoms with E-state index in [0.717, 1.165) is 4.47 Å². The Morgan fingerprint density at radius 3 is 2.56 bits per heavy atom. The average Bonchev–Trinajstić information content (AvgIpc) is 2.26. The first kappa shape index (κ1) is 15.6. The molecule has 0 bridgehead atoms. The first-order chi connectivity index (χ1) is 8.36. The van der Waals surface area contributed by atoms with Crippen molar-refractivity contribution >= 4 is 47.8 Å². The van der Waals surface area contributed by atoms with E-state index in [9.17, 15) is 13.2 Å². The van der Waals surface area contributed by atoms with Crippen molar-refractivity contribution in [2.75, 3.05) is 13.1 Å². The van der Waals surface area contributed by atoms with Gasteiger partial charge in [-0.05, 0) is 41.1 Å². The number of amides is 1. The topological polar surface area (TPSA) is 75.3 Å². The fraction of sp³-hybridized carbons (Fsp3) is 0.300. The predicted octanol–water partition coefficient (Wildman–Crippen LogP) is 1.63. The molecule has 5 nitrogen and oxygen atoms in total. The lowest BCUT2D eigenvalue weighted by molar-refractivity contribution is -0.119. The number of rotatable bonds is 5. The molecule has 0 atom stereocenters. The largest absolute Gasteiger partial charge is 0.355 e. The number of benzene rings is 1. The van der Waals surface area contributed by atoms with Gasteiger partial charge >= 0.3 is 0 Å². The average molecular weight is 400 g/mol. The summed E-state index contributed by atoms with van der Waals surface area (Å²) in [5.74, 6) is -0.366. The lowest BCUT2D eigenvalue weighted by atomic mass is 10.4. The minimum absolute atomic E-state index is 0.0926. The molecule has 0 spiro atoms. The molecule has 0 aliphatic carbocycles. The van der Waals surface area contributed by atoms with Crippen molar-refractivity contribution in [1.82, 2.24) is 10.0 Å². The number of likely N-dealkylation sites (N-methyl/N-ethyl adjacent to an activating group) is 1. The molecular formula is C10H12Br2N2O3S. The molecule has 0 saturated carbocycles. The molecule has 18 heavy (non-hydrogen) atoms. The van der Waals surface area contributed by atoms with Gasteiger partial charge in [0.2, 0.25) is 15.9 Å². The highest BCUT2D eigenvalue weighted by Gasteiger charge is 2.18. The summed E-state index contributed by atoms with van der Waals surface area (Å²) in [6, 6.07) is 4.69. The maximum Gasteiger partial charge on any atom is 0.242 e. The van der Waals surface area contributed by atoms with E-state index in [0.29, 0.717) is 11.0 Å². The fourth-order valence-electron chi connectivity index (χ4n) is 1.19. The van der Waals surface area contributed by atoms with Gasteiger partial charge in [-0.1, -0.05) is 15.9 Å². The van der Waals surface area contributed by atoms with Gasteiger partial charge in [0.05, 0.1) is 11.4 Å². The zero-order chi connectivity index (χ0) is 13.8. The summed E-state index contributed by atoms with van der Waals surface area (Å²) in [4.78, 5) is 11.3. The normalized spacial score (nSPS) is 11.3. The van der Waals surface area contributed by atoms with Crippen LogP contribution in [0.5, 0.6) is 0 Å². The maximum atomic E-state index is 11.9. The van der Waals surface area contributed by atoms with Crippen molar-refractivity contribution in [3.63, 3.8) is 0 Å². The van der Waals surface area contributed by atoms with Crippen molar-refractivity contribution in [1.29, 1.82) is 0 Å². The number of hydrogen-bond acceptors (Lipinski definition) is 3. The van der Waals surface area contributed by atoms with Gasteiger partial charge in [0, 0.05) is 15.5 Å². The van der Waals surface area contributed by atoms with Crippen LogP contribution in [0.25, 0.3) is 0 Å². The predicted molar refractivity (Wildman–Crippen MR) is 75.7 cm³/mol. The first-order valence-electron chi connectivity index (χ1n) is 5.08. The fourth-order valence-corrected chi connectivity index (χ4v) is 3.92. The molecule has 0 heterocycles. The molecule has 0 aliphatic heterocycles. The lowest BCUT2D eigenvalue weighted by Gasteiger charge is -2.08. The molecule has 1 aromatic carbocycles. The Hall–Kier alpha value is -0.440. The number of halogens is 2. The van der Waals surface area contributed by atoms with Gasteiger partial charge in [0.15, 0.2) is 0 Å². The number of carbonyl (C=O) groups is 1. The van der Waals surface area contributed by atoms with Gasteiger partial charge in [-0.3, -0.25) is 4.79 Å². The SMILES string of the molecule is CCNC(=O)CNS(=O)(=O)c1ccc(Br)cc1Br. The Bertz CT molecular complexity index is 546. The number of hydrogen-bond donors (Lipinski definition) is 2. The molecule has 0 saturated heterocycles. The second-order valence-corrected chi connectivity index (χ2v) is 6.86. The molecule has 1 rings (SSSR count). The third kappa shape index (κ3) is 4.34. The second kappa shape index (κ2) is 6.65. The van der Waals surface area contributed by atoms with Gasteiger partial charge in [-0.2, -0.15) is 0 Å². The van der Waals surface area contributed by atoms with Crippen molar-refractivity contribution < 1.29 is 13.2 Å². The van der Waals surface area contributed by atoms with Crippen LogP contribution in [-0.2, 0) is 14.8 Å². The van der Waals surface area contributed by atoms with Crippen LogP contribution < -0.4 is 10.0 Å². The van der Waals surface area contributed by atoms with Crippen LogP contribution >= 0.6 is 31.9 Å². The van der Waals surface area contributed by atoms with E-state index in [-0.39, 0.29) is 17.3 Å². The van der Waals surface area contributed by atoms with E-state index in [4.69, 9.17) is 0 Å². The van der Waals surface area contributed by atoms with E-state index in [1.807, 2.05) is 0 Å². The Balaban J connectivity index is 2.83. The molecule has 1 amide bonds. The molecule has 1 aromatic rings. The van der Waals surface area contributed by atoms with Crippen molar-refractivity contribution in [2.45, 2.75) is 11.8 Å². The quantitative estimate of drug-likeness (QED) is 0.789. The third-order valence-corrected chi connectivity index (χ3v) is 4.85. The zero-order valence-electron chi connectivity index (χ0n) is 9.54. The van der Waals surface area contributed by atoms with Crippen molar-refractivity contribution in [3.05, 3.63) is 27.1 Å². The highest BCUT2D eigenvalue weighted by atomic mass is 79.9. The van der Waals surface area contributed by atoms with Crippen LogP contribution in [-0.4, -0.2) is 27.4 Å². The summed E-state index contributed by atoms with van der Waals surface area (Å²) in [6.45, 7) is 1.94. The minimum atomic E-state index is -3.70. The smallest absolute Gasteiger partial charge is 0.242 e. The standard InChI is InChI=1S/C10H12Br2N2O3S/c1-2-13-10(15)6-14-18(16,17)9-4-3-7(11)5-8(9)12/h3-5,14H,2,6H2,1H3,(H,13,15). The molecule has 0 unspecified atom stereocenters. The van der Waals surface area contributed by atoms with Crippen LogP contribution in [0.4, 0.5) is 0 Å². The van der Waals surface area contributed by atoms with Crippen LogP contribution in [0, 0.1) is 0 Å². The maximum absolute atomic E-state index is 11.9. The van der Waals surface area contributed by atoms with Crippen molar-refractivity contribution in [2.24, 2.45) is 0 Å². The summed E-state index contributed by atoms with van der Waals surface area (Å²) in [6.07, 6.45) is 0. The Morgan fingerprint density at radius 1 is 1.33 bits per heavy atom. The molecule has 100 valence electrons. The van der Waals surface area contributed by atoms with E-state index < -0.39 is 10.0 Å². The van der Waals surface area contributed by atoms with Crippen LogP contribution in [0.2, 0.25) is 0 Å². The van der Waals surface area contributed by atoms with Gasteiger partial charge in [-0.15, -0.1) is 0 Å². The number of nitrogens with one attached hydrogen (secondary N) is 2. The zero-order valence-corrected chi connectivity index (χ0v) is 13.5. The van der Waals surface area contributed by atoms with E-state index >= 15 is 0 Å². The summed E-state index contributed by atoms with van der Waals surface area (Å²) >= 11 is 6.41. The van der Waals surface area contributed by atoms with E-state index in [1.54, 1.807) is 19.1 Å². The molecule has 0 aliphatic rings. The Morgan fingerprint density at radius 2 is 2.00 bits per heavy atom. The van der Waals surface area contributed by atoms with Crippen LogP contribution in [0.3, 0.4) is 0 Å². The summed E-state index contributed by atoms with van der Waals surface area (Å²) in [5, 5.41) is 2.51. The Kier molecular flexibility index (Phi) is 5.77. The monoisotopic (exact) mass is 398 g/mol. The van der Waals surface area contributed by atoms with Gasteiger partial charge in [0.1, 0.15) is 0 Å². The number of sulfonamides is 1. The molecule has 2 N–H and O–H groups in total. The van der Waals surface area contributed by atoms with E-state index in [2.05, 4.69) is 41.9 Å². The summed E-state index contributed by atoms with van der Waals surface area (Å²) in [5.41, 5.74) is 0. The van der Waals surface area contributed by atoms with Gasteiger partial charge in [0.25, 0.3) is 0 Å². The lowest BCUT2D eigenvalue weighted by Crippen LogP contribution is -2.36. The van der Waals surface area contributed by atoms with Gasteiger partial charge in [-0.25, -0.2) is 13.1 Å². The minimum Gasteiger partial charge on any atom is -0.355 e. The summed E-state index contributed by atoms with van der Waals surface area (Å²) < 4.78 is 27.3. The number of carbonyl (C=O) groups excluding carboxylic acids is 1. The third-order valence-electron chi connectivity index (χ3n) is 1.98. The highest BCUT2D eigenvalue weighted by molar-refractivity contribution is 9.11. The highest BCUT2D eigenvalue weighted by Crippen LogP contribution is 2.25. The molecule has 8 heteroatoms. The molecular weight excluding hydrogens is 388 g/mol. The van der Waals surface area contributed by atoms with Crippen LogP contribution in [0.1, 0.15) is 6.92 Å². The van der Waals surface area contributed by atoms with Crippen molar-refractivity contribution in [3.8, 4) is 0 Å². The Labute approximate surface area is 123 Å². The molecule has 0 aromatic heterocycles.